The lowest BCUT2D eigenvalue weighted by Crippen LogP contribution is -2.52. The summed E-state index contributed by atoms with van der Waals surface area (Å²) in [6.45, 7) is 3.48. The number of nitrogens with two attached hydrogens (primary N) is 1. The molecule has 1 aliphatic heterocycles. The fraction of sp³-hybridized carbons (Fsp3) is 0.826. The average Bonchev–Trinajstić information content (AvgIpc) is 3.41. The second-order valence-electron chi connectivity index (χ2n) is 10.5. The number of likely N-dealkylation sites (tertiary alicyclic amines) is 1. The molecule has 13 heteroatoms. The molecule has 0 aromatic carbocycles. The Balaban J connectivity index is 0.000000267. The van der Waals surface area contributed by atoms with E-state index in [1.165, 1.54) is 4.90 Å². The van der Waals surface area contributed by atoms with E-state index in [2.05, 4.69) is 5.32 Å². The van der Waals surface area contributed by atoms with Crippen LogP contribution in [0.3, 0.4) is 0 Å². The number of alkyl halides is 1. The lowest BCUT2D eigenvalue weighted by molar-refractivity contribution is -0.149. The van der Waals surface area contributed by atoms with E-state index in [1.807, 2.05) is 13.8 Å². The van der Waals surface area contributed by atoms with Gasteiger partial charge in [-0.25, -0.2) is 9.18 Å². The quantitative estimate of drug-likeness (QED) is 0.233. The van der Waals surface area contributed by atoms with Crippen molar-refractivity contribution in [2.75, 3.05) is 25.5 Å². The minimum atomic E-state index is -4.08. The van der Waals surface area contributed by atoms with Crippen molar-refractivity contribution < 1.29 is 41.6 Å². The van der Waals surface area contributed by atoms with Crippen molar-refractivity contribution in [3.05, 3.63) is 0 Å². The number of fused-ring (bicyclic) bond motifs is 2. The first kappa shape index (κ1) is 30.1. The van der Waals surface area contributed by atoms with Gasteiger partial charge in [-0.05, 0) is 62.8 Å². The molecule has 1 saturated heterocycles. The molecular formula is C23H38FN3O8S. The summed E-state index contributed by atoms with van der Waals surface area (Å²) in [5.74, 6) is -2.49. The van der Waals surface area contributed by atoms with E-state index in [9.17, 15) is 32.0 Å². The minimum Gasteiger partial charge on any atom is -0.480 e. The molecule has 2 aliphatic carbocycles. The molecule has 2 saturated carbocycles. The van der Waals surface area contributed by atoms with Gasteiger partial charge in [0.1, 0.15) is 17.9 Å². The molecule has 3 aliphatic rings. The third-order valence-corrected chi connectivity index (χ3v) is 8.95. The van der Waals surface area contributed by atoms with Crippen LogP contribution in [0.5, 0.6) is 0 Å². The summed E-state index contributed by atoms with van der Waals surface area (Å²) in [6, 6.07) is -1.75. The van der Waals surface area contributed by atoms with Crippen molar-refractivity contribution in [3.63, 3.8) is 0 Å². The molecule has 4 atom stereocenters. The molecule has 0 unspecified atom stereocenters. The lowest BCUT2D eigenvalue weighted by Gasteiger charge is -2.35. The Bertz CT molecular complexity index is 957. The number of hydrogen-bond acceptors (Lipinski definition) is 7. The molecular weight excluding hydrogens is 497 g/mol. The fourth-order valence-electron chi connectivity index (χ4n) is 5.89. The van der Waals surface area contributed by atoms with Crippen LogP contribution in [0, 0.1) is 16.7 Å². The monoisotopic (exact) mass is 535 g/mol. The van der Waals surface area contributed by atoms with Crippen LogP contribution in [-0.2, 0) is 29.3 Å². The van der Waals surface area contributed by atoms with E-state index in [0.717, 1.165) is 6.42 Å². The molecule has 11 nitrogen and oxygen atoms in total. The molecule has 3 rings (SSSR count). The molecule has 3 fully saturated rings. The third-order valence-electron chi connectivity index (χ3n) is 8.09. The zero-order valence-corrected chi connectivity index (χ0v) is 21.7. The summed E-state index contributed by atoms with van der Waals surface area (Å²) < 4.78 is 43.3. The summed E-state index contributed by atoms with van der Waals surface area (Å²) in [5.41, 5.74) is 4.26. The number of carboxylic acid groups (broad SMARTS) is 1. The van der Waals surface area contributed by atoms with Crippen LogP contribution in [-0.4, -0.2) is 84.1 Å². The van der Waals surface area contributed by atoms with Crippen LogP contribution >= 0.6 is 0 Å². The highest BCUT2D eigenvalue weighted by molar-refractivity contribution is 7.85. The Hall–Kier alpha value is -2.12. The standard InChI is InChI=1S/C13H22FN3O4.C10H16O4S/c14-8-11(18)16-9(4-1-2-6-15)12(19)17-7-3-5-10(17)13(20)21;1-9(2)7-3-4-10(9,8(11)5-7)6-15(12,13)14/h9-10H,1-8,15H2,(H,16,18)(H,20,21);7H,3-6H2,1-2H3,(H,12,13,14)/t9-,10-;7-,10-/m01/s1. The number of halogens is 1. The third kappa shape index (κ3) is 6.60. The van der Waals surface area contributed by atoms with E-state index in [-0.39, 0.29) is 17.1 Å². The van der Waals surface area contributed by atoms with Crippen molar-refractivity contribution in [2.45, 2.75) is 77.3 Å². The van der Waals surface area contributed by atoms with Gasteiger partial charge >= 0.3 is 5.97 Å². The first-order valence-electron chi connectivity index (χ1n) is 12.3. The highest BCUT2D eigenvalue weighted by Gasteiger charge is 2.65. The highest BCUT2D eigenvalue weighted by Crippen LogP contribution is 2.64. The number of nitrogens with one attached hydrogen (secondary N) is 1. The number of carbonyl (C=O) groups excluding carboxylic acids is 3. The Morgan fingerprint density at radius 1 is 1.25 bits per heavy atom. The maximum Gasteiger partial charge on any atom is 0.326 e. The van der Waals surface area contributed by atoms with Crippen molar-refractivity contribution in [2.24, 2.45) is 22.5 Å². The van der Waals surface area contributed by atoms with Crippen LogP contribution in [0.2, 0.25) is 0 Å². The van der Waals surface area contributed by atoms with E-state index in [1.54, 1.807) is 0 Å². The number of nitrogens with zero attached hydrogens (tertiary/aromatic N) is 1. The highest BCUT2D eigenvalue weighted by atomic mass is 32.2. The Kier molecular flexibility index (Phi) is 9.99. The number of aliphatic carboxylic acids is 1. The summed E-state index contributed by atoms with van der Waals surface area (Å²) in [4.78, 5) is 47.8. The lowest BCUT2D eigenvalue weighted by atomic mass is 9.70. The number of hydrogen-bond donors (Lipinski definition) is 4. The molecule has 2 amide bonds. The van der Waals surface area contributed by atoms with E-state index in [4.69, 9.17) is 15.4 Å². The van der Waals surface area contributed by atoms with Gasteiger partial charge in [0.25, 0.3) is 16.0 Å². The minimum absolute atomic E-state index is 0.0152. The van der Waals surface area contributed by atoms with Gasteiger partial charge < -0.3 is 21.1 Å². The van der Waals surface area contributed by atoms with Gasteiger partial charge in [-0.2, -0.15) is 8.42 Å². The number of amides is 2. The SMILES string of the molecule is CC1(C)[C@@H]2CC[C@@]1(CS(=O)(=O)O)C(=O)C2.NCCCC[C@H](NC(=O)CF)C(=O)N1CCC[C@H]1C(=O)O. The van der Waals surface area contributed by atoms with Gasteiger partial charge in [-0.1, -0.05) is 13.8 Å². The summed E-state index contributed by atoms with van der Waals surface area (Å²) in [6.07, 6.45) is 4.58. The largest absolute Gasteiger partial charge is 0.480 e. The second-order valence-corrected chi connectivity index (χ2v) is 11.9. The van der Waals surface area contributed by atoms with Gasteiger partial charge in [0.2, 0.25) is 5.91 Å². The van der Waals surface area contributed by atoms with Crippen LogP contribution < -0.4 is 11.1 Å². The van der Waals surface area contributed by atoms with E-state index < -0.39 is 57.8 Å². The Morgan fingerprint density at radius 2 is 1.92 bits per heavy atom. The summed E-state index contributed by atoms with van der Waals surface area (Å²) in [5, 5.41) is 11.4. The maximum atomic E-state index is 12.4. The predicted molar refractivity (Wildman–Crippen MR) is 128 cm³/mol. The van der Waals surface area contributed by atoms with Crippen molar-refractivity contribution in [1.82, 2.24) is 10.2 Å². The molecule has 0 spiro atoms. The number of ketones is 1. The molecule has 0 aromatic heterocycles. The van der Waals surface area contributed by atoms with Crippen molar-refractivity contribution in [3.8, 4) is 0 Å². The molecule has 206 valence electrons. The van der Waals surface area contributed by atoms with Gasteiger partial charge in [0.05, 0.1) is 11.2 Å². The van der Waals surface area contributed by atoms with Gasteiger partial charge in [0.15, 0.2) is 6.67 Å². The summed E-state index contributed by atoms with van der Waals surface area (Å²) in [7, 11) is -4.08. The smallest absolute Gasteiger partial charge is 0.326 e. The topological polar surface area (TPSA) is 184 Å². The molecule has 0 radical (unpaired) electrons. The van der Waals surface area contributed by atoms with Crippen molar-refractivity contribution in [1.29, 1.82) is 0 Å². The Labute approximate surface area is 211 Å². The molecule has 0 aromatic rings. The Morgan fingerprint density at radius 3 is 2.39 bits per heavy atom. The first-order chi connectivity index (χ1) is 16.7. The van der Waals surface area contributed by atoms with Crippen LogP contribution in [0.15, 0.2) is 0 Å². The molecule has 36 heavy (non-hydrogen) atoms. The molecule has 5 N–H and O–H groups in total. The zero-order valence-electron chi connectivity index (χ0n) is 20.9. The predicted octanol–water partition coefficient (Wildman–Crippen LogP) is 0.915. The number of Topliss-reactive ketones (excluding diaryl/α,β-unsaturated/α-hetero) is 1. The first-order valence-corrected chi connectivity index (χ1v) is 13.9. The zero-order chi connectivity index (χ0) is 27.3. The number of unbranched alkanes of at least 4 members (excludes halogenated alkanes) is 1. The number of rotatable bonds is 10. The van der Waals surface area contributed by atoms with Gasteiger partial charge in [0, 0.05) is 13.0 Å². The van der Waals surface area contributed by atoms with E-state index in [0.29, 0.717) is 58.0 Å². The second kappa shape index (κ2) is 12.0. The van der Waals surface area contributed by atoms with Crippen molar-refractivity contribution >= 4 is 33.7 Å². The van der Waals surface area contributed by atoms with Crippen LogP contribution in [0.4, 0.5) is 4.39 Å². The van der Waals surface area contributed by atoms with E-state index >= 15 is 0 Å². The van der Waals surface area contributed by atoms with Gasteiger partial charge in [-0.3, -0.25) is 18.9 Å². The van der Waals surface area contributed by atoms with Crippen LogP contribution in [0.25, 0.3) is 0 Å². The molecule has 1 heterocycles. The average molecular weight is 536 g/mol. The molecule has 2 bridgehead atoms. The summed E-state index contributed by atoms with van der Waals surface area (Å²) >= 11 is 0. The van der Waals surface area contributed by atoms with Gasteiger partial charge in [-0.15, -0.1) is 0 Å². The number of carboxylic acids is 1. The maximum absolute atomic E-state index is 12.4. The number of carbonyl (C=O) groups is 4. The normalized spacial score (nSPS) is 27.4. The fourth-order valence-corrected chi connectivity index (χ4v) is 7.19. The van der Waals surface area contributed by atoms with Crippen LogP contribution in [0.1, 0.15) is 65.2 Å².